The van der Waals surface area contributed by atoms with E-state index in [-0.39, 0.29) is 12.6 Å². The molecule has 0 bridgehead atoms. The van der Waals surface area contributed by atoms with Crippen LogP contribution in [0.2, 0.25) is 0 Å². The second-order valence-corrected chi connectivity index (χ2v) is 3.73. The first kappa shape index (κ1) is 11.9. The Hall–Kier alpha value is -1.13. The molecule has 84 valence electrons. The Bertz CT molecular complexity index is 302. The first-order valence-electron chi connectivity index (χ1n) is 5.12. The van der Waals surface area contributed by atoms with Gasteiger partial charge in [0.2, 0.25) is 5.88 Å². The molecule has 1 unspecified atom stereocenters. The summed E-state index contributed by atoms with van der Waals surface area (Å²) in [6.45, 7) is 4.14. The molecule has 0 aliphatic rings. The molecule has 0 radical (unpaired) electrons. The fourth-order valence-corrected chi connectivity index (χ4v) is 1.20. The van der Waals surface area contributed by atoms with Gasteiger partial charge in [0.05, 0.1) is 12.2 Å². The van der Waals surface area contributed by atoms with Crippen LogP contribution in [0.4, 0.5) is 0 Å². The van der Waals surface area contributed by atoms with Gasteiger partial charge in [-0.15, -0.1) is 0 Å². The average molecular weight is 210 g/mol. The molecule has 1 aromatic rings. The van der Waals surface area contributed by atoms with E-state index >= 15 is 0 Å². The van der Waals surface area contributed by atoms with Crippen LogP contribution in [-0.2, 0) is 6.42 Å². The van der Waals surface area contributed by atoms with Gasteiger partial charge in [0, 0.05) is 24.7 Å². The third kappa shape index (κ3) is 4.27. The summed E-state index contributed by atoms with van der Waals surface area (Å²) in [5.41, 5.74) is 6.13. The number of pyridine rings is 1. The topological polar surface area (TPSA) is 68.4 Å². The zero-order valence-electron chi connectivity index (χ0n) is 9.18. The molecule has 0 aliphatic carbocycles. The van der Waals surface area contributed by atoms with Gasteiger partial charge in [-0.3, -0.25) is 0 Å². The zero-order chi connectivity index (χ0) is 11.3. The van der Waals surface area contributed by atoms with E-state index in [1.807, 2.05) is 26.0 Å². The second kappa shape index (κ2) is 5.68. The predicted octanol–water partition coefficient (Wildman–Crippen LogP) is 0.731. The summed E-state index contributed by atoms with van der Waals surface area (Å²) in [5, 5.41) is 9.38. The fourth-order valence-electron chi connectivity index (χ4n) is 1.20. The molecule has 3 N–H and O–H groups in total. The van der Waals surface area contributed by atoms with Gasteiger partial charge in [-0.05, 0) is 19.9 Å². The molecule has 1 aromatic heterocycles. The Labute approximate surface area is 90.1 Å². The summed E-state index contributed by atoms with van der Waals surface area (Å²) < 4.78 is 5.45. The van der Waals surface area contributed by atoms with Crippen molar-refractivity contribution in [3.8, 4) is 5.88 Å². The summed E-state index contributed by atoms with van der Waals surface area (Å²) in [6, 6.07) is 5.52. The van der Waals surface area contributed by atoms with Crippen molar-refractivity contribution in [3.63, 3.8) is 0 Å². The van der Waals surface area contributed by atoms with Crippen molar-refractivity contribution in [1.82, 2.24) is 4.98 Å². The molecule has 15 heavy (non-hydrogen) atoms. The molecule has 1 heterocycles. The lowest BCUT2D eigenvalue weighted by molar-refractivity contribution is 0.181. The van der Waals surface area contributed by atoms with Gasteiger partial charge >= 0.3 is 0 Å². The molecule has 0 spiro atoms. The summed E-state index contributed by atoms with van der Waals surface area (Å²) >= 11 is 0. The van der Waals surface area contributed by atoms with E-state index < -0.39 is 6.10 Å². The van der Waals surface area contributed by atoms with Crippen molar-refractivity contribution in [3.05, 3.63) is 23.9 Å². The van der Waals surface area contributed by atoms with E-state index in [0.29, 0.717) is 12.3 Å². The minimum absolute atomic E-state index is 0.104. The number of hydrogen-bond acceptors (Lipinski definition) is 4. The van der Waals surface area contributed by atoms with Gasteiger partial charge in [-0.1, -0.05) is 6.07 Å². The first-order chi connectivity index (χ1) is 7.11. The molecular weight excluding hydrogens is 192 g/mol. The van der Waals surface area contributed by atoms with Crippen LogP contribution < -0.4 is 10.5 Å². The lowest BCUT2D eigenvalue weighted by Crippen LogP contribution is -2.22. The third-order valence-electron chi connectivity index (χ3n) is 1.85. The standard InChI is InChI=1S/C11H18N2O2/c1-8(2)15-11-5-3-4-9(13-11)6-10(14)7-12/h3-5,8,10,14H,6-7,12H2,1-2H3. The van der Waals surface area contributed by atoms with Gasteiger partial charge in [0.15, 0.2) is 0 Å². The Kier molecular flexibility index (Phi) is 4.52. The number of hydrogen-bond donors (Lipinski definition) is 2. The molecule has 0 aliphatic heterocycles. The van der Waals surface area contributed by atoms with Crippen LogP contribution in [-0.4, -0.2) is 28.8 Å². The highest BCUT2D eigenvalue weighted by Gasteiger charge is 2.06. The summed E-state index contributed by atoms with van der Waals surface area (Å²) in [6.07, 6.45) is 0.0326. The molecule has 1 atom stereocenters. The number of nitrogens with two attached hydrogens (primary N) is 1. The number of aromatic nitrogens is 1. The largest absolute Gasteiger partial charge is 0.475 e. The Morgan fingerprint density at radius 3 is 2.80 bits per heavy atom. The molecule has 0 aromatic carbocycles. The Balaban J connectivity index is 2.65. The third-order valence-corrected chi connectivity index (χ3v) is 1.85. The maximum absolute atomic E-state index is 9.38. The van der Waals surface area contributed by atoms with Crippen LogP contribution in [0.15, 0.2) is 18.2 Å². The minimum atomic E-state index is -0.535. The van der Waals surface area contributed by atoms with Crippen molar-refractivity contribution in [2.45, 2.75) is 32.5 Å². The van der Waals surface area contributed by atoms with Crippen LogP contribution in [0.5, 0.6) is 5.88 Å². The molecule has 1 rings (SSSR count). The number of rotatable bonds is 5. The van der Waals surface area contributed by atoms with Gasteiger partial charge in [-0.25, -0.2) is 4.98 Å². The Morgan fingerprint density at radius 1 is 1.47 bits per heavy atom. The number of aliphatic hydroxyl groups is 1. The quantitative estimate of drug-likeness (QED) is 0.751. The minimum Gasteiger partial charge on any atom is -0.475 e. The lowest BCUT2D eigenvalue weighted by atomic mass is 10.2. The molecule has 4 heteroatoms. The molecular formula is C11H18N2O2. The van der Waals surface area contributed by atoms with Gasteiger partial charge in [0.1, 0.15) is 0 Å². The van der Waals surface area contributed by atoms with Crippen LogP contribution in [0.25, 0.3) is 0 Å². The zero-order valence-corrected chi connectivity index (χ0v) is 9.18. The fraction of sp³-hybridized carbons (Fsp3) is 0.545. The van der Waals surface area contributed by atoms with Crippen molar-refractivity contribution in [2.75, 3.05) is 6.54 Å². The van der Waals surface area contributed by atoms with Crippen LogP contribution in [0, 0.1) is 0 Å². The normalized spacial score (nSPS) is 12.9. The summed E-state index contributed by atoms with van der Waals surface area (Å²) in [4.78, 5) is 4.26. The van der Waals surface area contributed by atoms with Gasteiger partial charge in [0.25, 0.3) is 0 Å². The van der Waals surface area contributed by atoms with Crippen LogP contribution >= 0.6 is 0 Å². The van der Waals surface area contributed by atoms with E-state index in [1.165, 1.54) is 0 Å². The highest BCUT2D eigenvalue weighted by atomic mass is 16.5. The molecule has 0 saturated carbocycles. The summed E-state index contributed by atoms with van der Waals surface area (Å²) in [7, 11) is 0. The van der Waals surface area contributed by atoms with Gasteiger partial charge < -0.3 is 15.6 Å². The Morgan fingerprint density at radius 2 is 2.20 bits per heavy atom. The van der Waals surface area contributed by atoms with E-state index in [4.69, 9.17) is 10.5 Å². The SMILES string of the molecule is CC(C)Oc1cccc(CC(O)CN)n1. The number of aliphatic hydroxyl groups excluding tert-OH is 1. The average Bonchev–Trinajstić information content (AvgIpc) is 2.17. The molecule has 0 saturated heterocycles. The molecule has 0 amide bonds. The number of nitrogens with zero attached hydrogens (tertiary/aromatic N) is 1. The van der Waals surface area contributed by atoms with Crippen LogP contribution in [0.1, 0.15) is 19.5 Å². The van der Waals surface area contributed by atoms with E-state index in [9.17, 15) is 5.11 Å². The molecule has 0 fully saturated rings. The van der Waals surface area contributed by atoms with E-state index in [1.54, 1.807) is 6.07 Å². The molecule has 4 nitrogen and oxygen atoms in total. The maximum Gasteiger partial charge on any atom is 0.213 e. The summed E-state index contributed by atoms with van der Waals surface area (Å²) in [5.74, 6) is 0.590. The highest BCUT2D eigenvalue weighted by Crippen LogP contribution is 2.10. The highest BCUT2D eigenvalue weighted by molar-refractivity contribution is 5.16. The lowest BCUT2D eigenvalue weighted by Gasteiger charge is -2.11. The first-order valence-corrected chi connectivity index (χ1v) is 5.12. The maximum atomic E-state index is 9.38. The van der Waals surface area contributed by atoms with E-state index in [0.717, 1.165) is 5.69 Å². The second-order valence-electron chi connectivity index (χ2n) is 3.73. The number of ether oxygens (including phenoxy) is 1. The van der Waals surface area contributed by atoms with Crippen molar-refractivity contribution in [2.24, 2.45) is 5.73 Å². The van der Waals surface area contributed by atoms with E-state index in [2.05, 4.69) is 4.98 Å². The van der Waals surface area contributed by atoms with Crippen molar-refractivity contribution >= 4 is 0 Å². The van der Waals surface area contributed by atoms with Crippen molar-refractivity contribution in [1.29, 1.82) is 0 Å². The predicted molar refractivity (Wildman–Crippen MR) is 58.8 cm³/mol. The van der Waals surface area contributed by atoms with Crippen LogP contribution in [0.3, 0.4) is 0 Å². The monoisotopic (exact) mass is 210 g/mol. The van der Waals surface area contributed by atoms with Gasteiger partial charge in [-0.2, -0.15) is 0 Å². The smallest absolute Gasteiger partial charge is 0.213 e. The van der Waals surface area contributed by atoms with Crippen molar-refractivity contribution < 1.29 is 9.84 Å².